The van der Waals surface area contributed by atoms with Crippen LogP contribution in [0.2, 0.25) is 0 Å². The Morgan fingerprint density at radius 1 is 1.29 bits per heavy atom. The molecule has 0 spiro atoms. The van der Waals surface area contributed by atoms with Crippen LogP contribution in [-0.2, 0) is 28.9 Å². The van der Waals surface area contributed by atoms with E-state index in [1.807, 2.05) is 17.7 Å². The van der Waals surface area contributed by atoms with Crippen molar-refractivity contribution in [2.24, 2.45) is 0 Å². The predicted octanol–water partition coefficient (Wildman–Crippen LogP) is 2.45. The molecule has 162 valence electrons. The molecule has 2 aliphatic rings. The molecule has 0 unspecified atom stereocenters. The number of aryl methyl sites for hydroxylation is 3. The Bertz CT molecular complexity index is 1110. The van der Waals surface area contributed by atoms with Crippen molar-refractivity contribution in [1.82, 2.24) is 20.1 Å². The van der Waals surface area contributed by atoms with Gasteiger partial charge in [0.2, 0.25) is 0 Å². The van der Waals surface area contributed by atoms with E-state index in [0.717, 1.165) is 46.7 Å². The van der Waals surface area contributed by atoms with Crippen molar-refractivity contribution in [2.45, 2.75) is 39.3 Å². The Hall–Kier alpha value is -2.97. The molecule has 1 saturated heterocycles. The van der Waals surface area contributed by atoms with E-state index >= 15 is 0 Å². The quantitative estimate of drug-likeness (QED) is 0.679. The first-order valence-corrected chi connectivity index (χ1v) is 10.7. The van der Waals surface area contributed by atoms with E-state index in [1.165, 1.54) is 5.56 Å². The Balaban J connectivity index is 1.37. The van der Waals surface area contributed by atoms with Crippen LogP contribution in [0.3, 0.4) is 0 Å². The number of nitrogens with one attached hydrogen (secondary N) is 1. The monoisotopic (exact) mass is 422 g/mol. The summed E-state index contributed by atoms with van der Waals surface area (Å²) in [6.45, 7) is 6.63. The van der Waals surface area contributed by atoms with Gasteiger partial charge in [-0.25, -0.2) is 0 Å². The minimum absolute atomic E-state index is 0.125. The standard InChI is InChI=1S/C23H26N4O4/c1-14-4-3-7-24-18(14)12-27-11-16-5-6-19-20(21(16)26-27)15(2)22(31-19)23(28)25-10-17-13-29-8-9-30-17/h3-4,7,11,17H,5-6,8-10,12-13H2,1-2H3,(H,25,28)/t17-/m1/s1. The molecule has 1 amide bonds. The minimum Gasteiger partial charge on any atom is -0.455 e. The fourth-order valence-electron chi connectivity index (χ4n) is 4.24. The van der Waals surface area contributed by atoms with Crippen molar-refractivity contribution < 1.29 is 18.7 Å². The zero-order valence-electron chi connectivity index (χ0n) is 17.8. The fourth-order valence-corrected chi connectivity index (χ4v) is 4.24. The molecule has 3 aromatic rings. The summed E-state index contributed by atoms with van der Waals surface area (Å²) in [5.41, 5.74) is 5.99. The molecule has 31 heavy (non-hydrogen) atoms. The summed E-state index contributed by atoms with van der Waals surface area (Å²) in [7, 11) is 0. The van der Waals surface area contributed by atoms with Gasteiger partial charge < -0.3 is 19.2 Å². The molecule has 0 bridgehead atoms. The van der Waals surface area contributed by atoms with Gasteiger partial charge >= 0.3 is 0 Å². The molecular formula is C23H26N4O4. The smallest absolute Gasteiger partial charge is 0.287 e. The maximum absolute atomic E-state index is 12.8. The van der Waals surface area contributed by atoms with Gasteiger partial charge in [-0.3, -0.25) is 14.5 Å². The highest BCUT2D eigenvalue weighted by molar-refractivity contribution is 5.95. The molecule has 4 heterocycles. The van der Waals surface area contributed by atoms with Crippen LogP contribution in [-0.4, -0.2) is 53.1 Å². The summed E-state index contributed by atoms with van der Waals surface area (Å²) in [5, 5.41) is 7.75. The van der Waals surface area contributed by atoms with Crippen LogP contribution in [0.4, 0.5) is 0 Å². The van der Waals surface area contributed by atoms with E-state index in [1.54, 1.807) is 6.20 Å². The van der Waals surface area contributed by atoms with Gasteiger partial charge in [-0.05, 0) is 37.5 Å². The second-order valence-corrected chi connectivity index (χ2v) is 8.10. The predicted molar refractivity (Wildman–Crippen MR) is 113 cm³/mol. The lowest BCUT2D eigenvalue weighted by molar-refractivity contribution is -0.0856. The highest BCUT2D eigenvalue weighted by atomic mass is 16.6. The van der Waals surface area contributed by atoms with Crippen molar-refractivity contribution in [3.05, 3.63) is 58.4 Å². The molecule has 1 aliphatic carbocycles. The molecule has 5 rings (SSSR count). The van der Waals surface area contributed by atoms with Crippen LogP contribution < -0.4 is 5.32 Å². The Kier molecular flexibility index (Phi) is 5.33. The number of fused-ring (bicyclic) bond motifs is 3. The van der Waals surface area contributed by atoms with E-state index in [2.05, 4.69) is 29.5 Å². The molecule has 0 radical (unpaired) electrons. The van der Waals surface area contributed by atoms with Crippen molar-refractivity contribution >= 4 is 5.91 Å². The van der Waals surface area contributed by atoms with Gasteiger partial charge in [0.1, 0.15) is 5.76 Å². The van der Waals surface area contributed by atoms with Crippen LogP contribution in [0.25, 0.3) is 11.3 Å². The lowest BCUT2D eigenvalue weighted by atomic mass is 9.93. The van der Waals surface area contributed by atoms with E-state index in [-0.39, 0.29) is 12.0 Å². The molecule has 8 nitrogen and oxygen atoms in total. The average Bonchev–Trinajstić information content (AvgIpc) is 3.34. The van der Waals surface area contributed by atoms with E-state index in [9.17, 15) is 4.79 Å². The molecule has 3 aromatic heterocycles. The number of pyridine rings is 1. The van der Waals surface area contributed by atoms with E-state index in [4.69, 9.17) is 19.0 Å². The van der Waals surface area contributed by atoms with Crippen LogP contribution in [0.15, 0.2) is 28.9 Å². The number of carbonyl (C=O) groups excluding carboxylic acids is 1. The number of hydrogen-bond acceptors (Lipinski definition) is 6. The Labute approximate surface area is 180 Å². The third-order valence-corrected chi connectivity index (χ3v) is 5.93. The zero-order valence-corrected chi connectivity index (χ0v) is 17.8. The van der Waals surface area contributed by atoms with Crippen LogP contribution in [0.5, 0.6) is 0 Å². The summed E-state index contributed by atoms with van der Waals surface area (Å²) in [6.07, 6.45) is 5.35. The van der Waals surface area contributed by atoms with Gasteiger partial charge in [-0.2, -0.15) is 5.10 Å². The van der Waals surface area contributed by atoms with Crippen molar-refractivity contribution in [2.75, 3.05) is 26.4 Å². The van der Waals surface area contributed by atoms with Gasteiger partial charge in [-0.15, -0.1) is 0 Å². The van der Waals surface area contributed by atoms with Crippen LogP contribution >= 0.6 is 0 Å². The lowest BCUT2D eigenvalue weighted by Crippen LogP contribution is -2.39. The van der Waals surface area contributed by atoms with Gasteiger partial charge in [0, 0.05) is 36.5 Å². The maximum atomic E-state index is 12.8. The van der Waals surface area contributed by atoms with Gasteiger partial charge in [0.25, 0.3) is 5.91 Å². The summed E-state index contributed by atoms with van der Waals surface area (Å²) < 4.78 is 18.9. The second kappa shape index (κ2) is 8.28. The minimum atomic E-state index is -0.230. The van der Waals surface area contributed by atoms with Crippen molar-refractivity contribution in [3.63, 3.8) is 0 Å². The number of rotatable bonds is 5. The van der Waals surface area contributed by atoms with Crippen LogP contribution in [0, 0.1) is 13.8 Å². The van der Waals surface area contributed by atoms with E-state index in [0.29, 0.717) is 38.7 Å². The van der Waals surface area contributed by atoms with Crippen molar-refractivity contribution in [1.29, 1.82) is 0 Å². The highest BCUT2D eigenvalue weighted by Gasteiger charge is 2.30. The summed E-state index contributed by atoms with van der Waals surface area (Å²) in [4.78, 5) is 17.3. The van der Waals surface area contributed by atoms with Gasteiger partial charge in [0.15, 0.2) is 5.76 Å². The number of hydrogen-bond donors (Lipinski definition) is 1. The normalized spacial score (nSPS) is 17.8. The highest BCUT2D eigenvalue weighted by Crippen LogP contribution is 2.38. The average molecular weight is 422 g/mol. The largest absolute Gasteiger partial charge is 0.455 e. The topological polar surface area (TPSA) is 91.4 Å². The summed E-state index contributed by atoms with van der Waals surface area (Å²) in [6, 6.07) is 3.99. The molecule has 1 fully saturated rings. The number of ether oxygens (including phenoxy) is 2. The summed E-state index contributed by atoms with van der Waals surface area (Å²) in [5.74, 6) is 0.947. The molecular weight excluding hydrogens is 396 g/mol. The number of furan rings is 1. The van der Waals surface area contributed by atoms with Crippen molar-refractivity contribution in [3.8, 4) is 11.3 Å². The number of amides is 1. The Morgan fingerprint density at radius 2 is 2.19 bits per heavy atom. The first-order valence-electron chi connectivity index (χ1n) is 10.7. The third kappa shape index (κ3) is 3.88. The Morgan fingerprint density at radius 3 is 3.00 bits per heavy atom. The lowest BCUT2D eigenvalue weighted by Gasteiger charge is -2.22. The molecule has 0 aromatic carbocycles. The molecule has 1 N–H and O–H groups in total. The van der Waals surface area contributed by atoms with Crippen LogP contribution in [0.1, 0.15) is 38.7 Å². The third-order valence-electron chi connectivity index (χ3n) is 5.93. The molecule has 0 saturated carbocycles. The maximum Gasteiger partial charge on any atom is 0.287 e. The van der Waals surface area contributed by atoms with Gasteiger partial charge in [0.05, 0.1) is 43.9 Å². The molecule has 8 heteroatoms. The number of nitrogens with zero attached hydrogens (tertiary/aromatic N) is 3. The van der Waals surface area contributed by atoms with Gasteiger partial charge in [-0.1, -0.05) is 6.07 Å². The number of aromatic nitrogens is 3. The SMILES string of the molecule is Cc1cccnc1Cn1cc2c(n1)-c1c(oc(C(=O)NC[C@@H]3COCCO3)c1C)CC2. The summed E-state index contributed by atoms with van der Waals surface area (Å²) >= 11 is 0. The first kappa shape index (κ1) is 20.0. The zero-order chi connectivity index (χ0) is 21.4. The fraction of sp³-hybridized carbons (Fsp3) is 0.435. The van der Waals surface area contributed by atoms with E-state index < -0.39 is 0 Å². The first-order chi connectivity index (χ1) is 15.1. The number of carbonyl (C=O) groups is 1. The molecule has 1 aliphatic heterocycles. The second-order valence-electron chi connectivity index (χ2n) is 8.10. The molecule has 1 atom stereocenters.